The van der Waals surface area contributed by atoms with Gasteiger partial charge in [-0.2, -0.15) is 4.31 Å². The van der Waals surface area contributed by atoms with E-state index in [4.69, 9.17) is 4.74 Å². The summed E-state index contributed by atoms with van der Waals surface area (Å²) in [5, 5.41) is 3.18. The Morgan fingerprint density at radius 2 is 1.69 bits per heavy atom. The van der Waals surface area contributed by atoms with Crippen molar-refractivity contribution in [1.82, 2.24) is 9.62 Å². The molecule has 0 aromatic heterocycles. The molecule has 0 aliphatic carbocycles. The normalized spacial score (nSPS) is 15.0. The number of amides is 1. The van der Waals surface area contributed by atoms with Crippen molar-refractivity contribution in [2.24, 2.45) is 0 Å². The predicted molar refractivity (Wildman–Crippen MR) is 137 cm³/mol. The van der Waals surface area contributed by atoms with Crippen LogP contribution in [0.1, 0.15) is 47.6 Å². The molecule has 35 heavy (non-hydrogen) atoms. The zero-order valence-corrected chi connectivity index (χ0v) is 21.1. The summed E-state index contributed by atoms with van der Waals surface area (Å²) in [5.41, 5.74) is 3.85. The zero-order valence-electron chi connectivity index (χ0n) is 20.2. The SMILES string of the molecule is COc1ccc(S(=O)(=O)N2CCCC2)cc1CCC(=O)NC(c1ccccc1)c1ccccc1C. The number of ether oxygens (including phenoxy) is 1. The molecule has 1 N–H and O–H groups in total. The standard InChI is InChI=1S/C28H32N2O4S/c1-21-10-6-7-13-25(21)28(22-11-4-3-5-12-22)29-27(31)17-14-23-20-24(15-16-26(23)34-2)35(32,33)30-18-8-9-19-30/h3-7,10-13,15-16,20,28H,8-9,14,17-19H2,1-2H3,(H,29,31). The molecule has 1 amide bonds. The van der Waals surface area contributed by atoms with E-state index in [1.807, 2.05) is 61.5 Å². The number of rotatable bonds is 9. The van der Waals surface area contributed by atoms with E-state index in [0.717, 1.165) is 29.5 Å². The highest BCUT2D eigenvalue weighted by atomic mass is 32.2. The molecule has 7 heteroatoms. The number of methoxy groups -OCH3 is 1. The molecule has 0 bridgehead atoms. The second-order valence-corrected chi connectivity index (χ2v) is 10.8. The smallest absolute Gasteiger partial charge is 0.243 e. The van der Waals surface area contributed by atoms with Gasteiger partial charge in [-0.15, -0.1) is 0 Å². The Balaban J connectivity index is 1.52. The first-order valence-electron chi connectivity index (χ1n) is 12.0. The fraction of sp³-hybridized carbons (Fsp3) is 0.321. The van der Waals surface area contributed by atoms with Gasteiger partial charge in [0.25, 0.3) is 0 Å². The number of benzene rings is 3. The van der Waals surface area contributed by atoms with Gasteiger partial charge in [-0.1, -0.05) is 54.6 Å². The lowest BCUT2D eigenvalue weighted by molar-refractivity contribution is -0.121. The van der Waals surface area contributed by atoms with Crippen LogP contribution in [0.3, 0.4) is 0 Å². The second-order valence-electron chi connectivity index (χ2n) is 8.85. The van der Waals surface area contributed by atoms with Crippen LogP contribution in [0.25, 0.3) is 0 Å². The van der Waals surface area contributed by atoms with Gasteiger partial charge in [-0.25, -0.2) is 8.42 Å². The largest absolute Gasteiger partial charge is 0.496 e. The van der Waals surface area contributed by atoms with E-state index in [0.29, 0.717) is 30.8 Å². The predicted octanol–water partition coefficient (Wildman–Crippen LogP) is 4.63. The minimum Gasteiger partial charge on any atom is -0.496 e. The summed E-state index contributed by atoms with van der Waals surface area (Å²) in [6, 6.07) is 22.6. The Labute approximate surface area is 208 Å². The van der Waals surface area contributed by atoms with E-state index in [1.165, 1.54) is 4.31 Å². The van der Waals surface area contributed by atoms with Crippen LogP contribution in [-0.2, 0) is 21.2 Å². The molecule has 0 radical (unpaired) electrons. The second kappa shape index (κ2) is 11.1. The van der Waals surface area contributed by atoms with Crippen LogP contribution < -0.4 is 10.1 Å². The fourth-order valence-electron chi connectivity index (χ4n) is 4.57. The molecule has 1 unspecified atom stereocenters. The number of nitrogens with one attached hydrogen (secondary N) is 1. The van der Waals surface area contributed by atoms with Crippen molar-refractivity contribution in [3.8, 4) is 5.75 Å². The van der Waals surface area contributed by atoms with E-state index in [2.05, 4.69) is 5.32 Å². The molecule has 184 valence electrons. The third-order valence-corrected chi connectivity index (χ3v) is 8.41. The number of hydrogen-bond donors (Lipinski definition) is 1. The summed E-state index contributed by atoms with van der Waals surface area (Å²) in [4.78, 5) is 13.3. The van der Waals surface area contributed by atoms with Crippen molar-refractivity contribution in [3.05, 3.63) is 95.1 Å². The van der Waals surface area contributed by atoms with Crippen LogP contribution >= 0.6 is 0 Å². The molecular weight excluding hydrogens is 460 g/mol. The first-order chi connectivity index (χ1) is 16.9. The maximum atomic E-state index is 13.1. The topological polar surface area (TPSA) is 75.7 Å². The van der Waals surface area contributed by atoms with Gasteiger partial charge in [0.2, 0.25) is 15.9 Å². The zero-order chi connectivity index (χ0) is 24.8. The molecule has 3 aromatic carbocycles. The van der Waals surface area contributed by atoms with Crippen LogP contribution in [0.2, 0.25) is 0 Å². The Morgan fingerprint density at radius 3 is 2.37 bits per heavy atom. The van der Waals surface area contributed by atoms with Gasteiger partial charge in [0.05, 0.1) is 18.0 Å². The Bertz CT molecular complexity index is 1270. The quantitative estimate of drug-likeness (QED) is 0.473. The number of carbonyl (C=O) groups excluding carboxylic acids is 1. The fourth-order valence-corrected chi connectivity index (χ4v) is 6.13. The number of aryl methyl sites for hydroxylation is 2. The lowest BCUT2D eigenvalue weighted by Gasteiger charge is -2.22. The maximum absolute atomic E-state index is 13.1. The molecular formula is C28H32N2O4S. The van der Waals surface area contributed by atoms with Gasteiger partial charge >= 0.3 is 0 Å². The summed E-state index contributed by atoms with van der Waals surface area (Å²) >= 11 is 0. The lowest BCUT2D eigenvalue weighted by atomic mass is 9.94. The van der Waals surface area contributed by atoms with Gasteiger partial charge in [-0.3, -0.25) is 4.79 Å². The van der Waals surface area contributed by atoms with Gasteiger partial charge in [0.1, 0.15) is 5.75 Å². The van der Waals surface area contributed by atoms with E-state index < -0.39 is 10.0 Å². The van der Waals surface area contributed by atoms with Crippen LogP contribution in [0.15, 0.2) is 77.7 Å². The summed E-state index contributed by atoms with van der Waals surface area (Å²) in [7, 11) is -1.99. The van der Waals surface area contributed by atoms with E-state index in [-0.39, 0.29) is 23.3 Å². The highest BCUT2D eigenvalue weighted by Gasteiger charge is 2.28. The average molecular weight is 493 g/mol. The Kier molecular flexibility index (Phi) is 7.88. The van der Waals surface area contributed by atoms with Crippen LogP contribution in [0.4, 0.5) is 0 Å². The molecule has 0 saturated carbocycles. The van der Waals surface area contributed by atoms with Crippen LogP contribution in [0.5, 0.6) is 5.75 Å². The highest BCUT2D eigenvalue weighted by Crippen LogP contribution is 2.28. The van der Waals surface area contributed by atoms with Crippen LogP contribution in [-0.4, -0.2) is 38.8 Å². The lowest BCUT2D eigenvalue weighted by Crippen LogP contribution is -2.30. The molecule has 0 spiro atoms. The minimum absolute atomic E-state index is 0.114. The molecule has 1 fully saturated rings. The molecule has 6 nitrogen and oxygen atoms in total. The molecule has 4 rings (SSSR count). The average Bonchev–Trinajstić information content (AvgIpc) is 3.43. The van der Waals surface area contributed by atoms with Gasteiger partial charge in [0.15, 0.2) is 0 Å². The molecule has 1 saturated heterocycles. The summed E-state index contributed by atoms with van der Waals surface area (Å²) in [6.45, 7) is 3.13. The molecule has 1 aliphatic rings. The number of hydrogen-bond acceptors (Lipinski definition) is 4. The highest BCUT2D eigenvalue weighted by molar-refractivity contribution is 7.89. The third-order valence-electron chi connectivity index (χ3n) is 6.51. The van der Waals surface area contributed by atoms with Gasteiger partial charge in [-0.05, 0) is 66.6 Å². The molecule has 1 heterocycles. The number of nitrogens with zero attached hydrogens (tertiary/aromatic N) is 1. The first kappa shape index (κ1) is 24.9. The summed E-state index contributed by atoms with van der Waals surface area (Å²) < 4.78 is 33.0. The third kappa shape index (κ3) is 5.74. The monoisotopic (exact) mass is 492 g/mol. The van der Waals surface area contributed by atoms with Crippen molar-refractivity contribution in [2.45, 2.75) is 43.5 Å². The number of sulfonamides is 1. The van der Waals surface area contributed by atoms with E-state index >= 15 is 0 Å². The Hall–Kier alpha value is -3.16. The van der Waals surface area contributed by atoms with Crippen molar-refractivity contribution < 1.29 is 17.9 Å². The van der Waals surface area contributed by atoms with Crippen molar-refractivity contribution in [1.29, 1.82) is 0 Å². The van der Waals surface area contributed by atoms with Gasteiger partial charge < -0.3 is 10.1 Å². The van der Waals surface area contributed by atoms with E-state index in [1.54, 1.807) is 25.3 Å². The van der Waals surface area contributed by atoms with Gasteiger partial charge in [0, 0.05) is 19.5 Å². The van der Waals surface area contributed by atoms with Crippen LogP contribution in [0, 0.1) is 6.92 Å². The molecule has 3 aromatic rings. The summed E-state index contributed by atoms with van der Waals surface area (Å²) in [6.07, 6.45) is 2.34. The first-order valence-corrected chi connectivity index (χ1v) is 13.4. The van der Waals surface area contributed by atoms with Crippen molar-refractivity contribution >= 4 is 15.9 Å². The van der Waals surface area contributed by atoms with Crippen molar-refractivity contribution in [2.75, 3.05) is 20.2 Å². The maximum Gasteiger partial charge on any atom is 0.243 e. The molecule has 1 aliphatic heterocycles. The minimum atomic E-state index is -3.54. The summed E-state index contributed by atoms with van der Waals surface area (Å²) in [5.74, 6) is 0.466. The van der Waals surface area contributed by atoms with E-state index in [9.17, 15) is 13.2 Å². The Morgan fingerprint density at radius 1 is 1.00 bits per heavy atom. The number of carbonyl (C=O) groups is 1. The van der Waals surface area contributed by atoms with Crippen molar-refractivity contribution in [3.63, 3.8) is 0 Å². The molecule has 1 atom stereocenters.